The summed E-state index contributed by atoms with van der Waals surface area (Å²) in [7, 11) is -4.65. The summed E-state index contributed by atoms with van der Waals surface area (Å²) in [5.74, 6) is -3.70. The van der Waals surface area contributed by atoms with Gasteiger partial charge in [0.05, 0.1) is 21.7 Å². The van der Waals surface area contributed by atoms with Crippen molar-refractivity contribution < 1.29 is 22.0 Å². The summed E-state index contributed by atoms with van der Waals surface area (Å²) in [6, 6.07) is 12.3. The van der Waals surface area contributed by atoms with Crippen LogP contribution < -0.4 is 5.32 Å². The standard InChI is InChI=1S/C18H17F2N3O3S2/c1-2-23-15-6-4-3-5-14(15)22-18(23)27-11-16(24)21-12-7-9-13(10-8-12)28(25,26)17(19)20/h3-10,17H,2,11H2,1H3,(H,21,24). The number of fused-ring (bicyclic) bond motifs is 1. The number of amides is 1. The smallest absolute Gasteiger partial charge is 0.325 e. The second kappa shape index (κ2) is 8.27. The van der Waals surface area contributed by atoms with Gasteiger partial charge in [-0.15, -0.1) is 0 Å². The van der Waals surface area contributed by atoms with Gasteiger partial charge in [0.2, 0.25) is 15.7 Å². The van der Waals surface area contributed by atoms with Crippen molar-refractivity contribution in [2.75, 3.05) is 11.1 Å². The van der Waals surface area contributed by atoms with E-state index in [1.165, 1.54) is 23.9 Å². The maximum atomic E-state index is 12.5. The van der Waals surface area contributed by atoms with Crippen molar-refractivity contribution in [2.24, 2.45) is 0 Å². The molecule has 1 heterocycles. The fraction of sp³-hybridized carbons (Fsp3) is 0.222. The van der Waals surface area contributed by atoms with E-state index >= 15 is 0 Å². The van der Waals surface area contributed by atoms with Crippen LogP contribution in [0.3, 0.4) is 0 Å². The van der Waals surface area contributed by atoms with Gasteiger partial charge in [0.15, 0.2) is 5.16 Å². The number of imidazole rings is 1. The topological polar surface area (TPSA) is 81.1 Å². The van der Waals surface area contributed by atoms with Crippen LogP contribution in [0.25, 0.3) is 11.0 Å². The Bertz CT molecular complexity index is 1100. The van der Waals surface area contributed by atoms with E-state index in [0.29, 0.717) is 12.2 Å². The van der Waals surface area contributed by atoms with Crippen LogP contribution in [0.1, 0.15) is 6.92 Å². The summed E-state index contributed by atoms with van der Waals surface area (Å²) in [6.07, 6.45) is 0. The quantitative estimate of drug-likeness (QED) is 0.583. The first-order valence-corrected chi connectivity index (χ1v) is 10.9. The van der Waals surface area contributed by atoms with Crippen LogP contribution in [-0.2, 0) is 21.2 Å². The lowest BCUT2D eigenvalue weighted by Gasteiger charge is -2.08. The van der Waals surface area contributed by atoms with Gasteiger partial charge in [-0.05, 0) is 43.3 Å². The molecule has 2 aromatic carbocycles. The van der Waals surface area contributed by atoms with Crippen LogP contribution in [0.5, 0.6) is 0 Å². The molecule has 10 heteroatoms. The fourth-order valence-corrected chi connectivity index (χ4v) is 4.23. The minimum Gasteiger partial charge on any atom is -0.325 e. The number of aryl methyl sites for hydroxylation is 1. The molecule has 3 rings (SSSR count). The number of thioether (sulfide) groups is 1. The lowest BCUT2D eigenvalue weighted by atomic mass is 10.3. The molecule has 0 spiro atoms. The maximum absolute atomic E-state index is 12.5. The highest BCUT2D eigenvalue weighted by Crippen LogP contribution is 2.24. The fourth-order valence-electron chi connectivity index (χ4n) is 2.63. The molecule has 0 atom stereocenters. The molecule has 1 N–H and O–H groups in total. The average Bonchev–Trinajstić information content (AvgIpc) is 3.04. The number of anilines is 1. The highest BCUT2D eigenvalue weighted by atomic mass is 32.2. The lowest BCUT2D eigenvalue weighted by molar-refractivity contribution is -0.113. The van der Waals surface area contributed by atoms with E-state index in [2.05, 4.69) is 10.3 Å². The van der Waals surface area contributed by atoms with Crippen molar-refractivity contribution in [3.63, 3.8) is 0 Å². The number of hydrogen-bond acceptors (Lipinski definition) is 5. The van der Waals surface area contributed by atoms with Gasteiger partial charge in [0.1, 0.15) is 0 Å². The van der Waals surface area contributed by atoms with Crippen molar-refractivity contribution in [3.05, 3.63) is 48.5 Å². The van der Waals surface area contributed by atoms with Crippen molar-refractivity contribution in [2.45, 2.75) is 29.3 Å². The highest BCUT2D eigenvalue weighted by Gasteiger charge is 2.26. The molecule has 0 aliphatic heterocycles. The minimum atomic E-state index is -4.65. The highest BCUT2D eigenvalue weighted by molar-refractivity contribution is 7.99. The number of para-hydroxylation sites is 2. The van der Waals surface area contributed by atoms with Gasteiger partial charge in [-0.3, -0.25) is 4.79 Å². The largest absolute Gasteiger partial charge is 0.341 e. The van der Waals surface area contributed by atoms with Gasteiger partial charge >= 0.3 is 5.76 Å². The molecule has 0 radical (unpaired) electrons. The molecule has 0 fully saturated rings. The molecule has 6 nitrogen and oxygen atoms in total. The number of rotatable bonds is 7. The third-order valence-corrected chi connectivity index (χ3v) is 6.34. The van der Waals surface area contributed by atoms with Gasteiger partial charge in [0.25, 0.3) is 0 Å². The Morgan fingerprint density at radius 1 is 1.18 bits per heavy atom. The molecular formula is C18H17F2N3O3S2. The normalized spacial score (nSPS) is 11.9. The van der Waals surface area contributed by atoms with E-state index in [0.717, 1.165) is 28.3 Å². The van der Waals surface area contributed by atoms with Crippen LogP contribution in [0.15, 0.2) is 58.6 Å². The first-order chi connectivity index (χ1) is 13.3. The number of carbonyl (C=O) groups excluding carboxylic acids is 1. The van der Waals surface area contributed by atoms with Gasteiger partial charge in [-0.25, -0.2) is 13.4 Å². The summed E-state index contributed by atoms with van der Waals surface area (Å²) >= 11 is 1.28. The van der Waals surface area contributed by atoms with Crippen molar-refractivity contribution in [1.82, 2.24) is 9.55 Å². The van der Waals surface area contributed by atoms with E-state index in [4.69, 9.17) is 0 Å². The third-order valence-electron chi connectivity index (χ3n) is 3.97. The number of nitrogens with one attached hydrogen (secondary N) is 1. The molecule has 0 bridgehead atoms. The van der Waals surface area contributed by atoms with Crippen molar-refractivity contribution in [3.8, 4) is 0 Å². The molecule has 0 aliphatic carbocycles. The van der Waals surface area contributed by atoms with Crippen molar-refractivity contribution >= 4 is 44.2 Å². The number of benzene rings is 2. The molecule has 28 heavy (non-hydrogen) atoms. The monoisotopic (exact) mass is 425 g/mol. The first kappa shape index (κ1) is 20.3. The van der Waals surface area contributed by atoms with Crippen LogP contribution in [0.2, 0.25) is 0 Å². The van der Waals surface area contributed by atoms with Gasteiger partial charge in [-0.1, -0.05) is 23.9 Å². The number of sulfone groups is 1. The molecule has 3 aromatic rings. The predicted molar refractivity (Wildman–Crippen MR) is 104 cm³/mol. The maximum Gasteiger partial charge on any atom is 0.341 e. The Balaban J connectivity index is 1.65. The number of alkyl halides is 2. The zero-order valence-electron chi connectivity index (χ0n) is 14.8. The summed E-state index contributed by atoms with van der Waals surface area (Å²) in [4.78, 5) is 16.2. The van der Waals surface area contributed by atoms with E-state index in [-0.39, 0.29) is 11.7 Å². The predicted octanol–water partition coefficient (Wildman–Crippen LogP) is 3.78. The molecular weight excluding hydrogens is 408 g/mol. The van der Waals surface area contributed by atoms with Gasteiger partial charge in [-0.2, -0.15) is 8.78 Å². The number of halogens is 2. The number of carbonyl (C=O) groups is 1. The molecule has 0 aliphatic rings. The molecule has 1 amide bonds. The number of nitrogens with zero attached hydrogens (tertiary/aromatic N) is 2. The Hall–Kier alpha value is -2.46. The van der Waals surface area contributed by atoms with E-state index in [1.54, 1.807) is 0 Å². The Kier molecular flexibility index (Phi) is 5.99. The van der Waals surface area contributed by atoms with Gasteiger partial charge < -0.3 is 9.88 Å². The molecule has 0 unspecified atom stereocenters. The second-order valence-electron chi connectivity index (χ2n) is 5.79. The Morgan fingerprint density at radius 2 is 1.86 bits per heavy atom. The summed E-state index contributed by atoms with van der Waals surface area (Å²) in [6.45, 7) is 2.71. The molecule has 1 aromatic heterocycles. The number of aromatic nitrogens is 2. The van der Waals surface area contributed by atoms with Crippen molar-refractivity contribution in [1.29, 1.82) is 0 Å². The average molecular weight is 425 g/mol. The van der Waals surface area contributed by atoms with E-state index in [1.807, 2.05) is 35.8 Å². The van der Waals surface area contributed by atoms with Crippen LogP contribution in [0, 0.1) is 0 Å². The van der Waals surface area contributed by atoms with E-state index in [9.17, 15) is 22.0 Å². The summed E-state index contributed by atoms with van der Waals surface area (Å²) in [5, 5.41) is 3.33. The lowest BCUT2D eigenvalue weighted by Crippen LogP contribution is -2.15. The van der Waals surface area contributed by atoms with E-state index < -0.39 is 20.5 Å². The Morgan fingerprint density at radius 3 is 2.50 bits per heavy atom. The van der Waals surface area contributed by atoms with Gasteiger partial charge in [0, 0.05) is 12.2 Å². The van der Waals surface area contributed by atoms with Crippen LogP contribution in [-0.4, -0.2) is 35.4 Å². The molecule has 0 saturated carbocycles. The van der Waals surface area contributed by atoms with Crippen LogP contribution >= 0.6 is 11.8 Å². The minimum absolute atomic E-state index is 0.0976. The zero-order valence-corrected chi connectivity index (χ0v) is 16.4. The molecule has 0 saturated heterocycles. The van der Waals surface area contributed by atoms with Crippen LogP contribution in [0.4, 0.5) is 14.5 Å². The summed E-state index contributed by atoms with van der Waals surface area (Å²) in [5.41, 5.74) is 2.16. The summed E-state index contributed by atoms with van der Waals surface area (Å²) < 4.78 is 49.9. The molecule has 148 valence electrons. The zero-order chi connectivity index (χ0) is 20.3. The third kappa shape index (κ3) is 4.17. The SMILES string of the molecule is CCn1c(SCC(=O)Nc2ccc(S(=O)(=O)C(F)F)cc2)nc2ccccc21. The number of hydrogen-bond donors (Lipinski definition) is 1. The first-order valence-electron chi connectivity index (χ1n) is 8.33. The Labute approximate surface area is 164 Å². The second-order valence-corrected chi connectivity index (χ2v) is 8.65.